The van der Waals surface area contributed by atoms with Crippen LogP contribution in [-0.2, 0) is 4.79 Å². The first-order valence-corrected chi connectivity index (χ1v) is 5.31. The SMILES string of the molecule is CC(C)CN1CCCC(=O)N1CCO. The number of amides is 1. The fourth-order valence-corrected chi connectivity index (χ4v) is 1.79. The van der Waals surface area contributed by atoms with Crippen molar-refractivity contribution in [2.24, 2.45) is 5.92 Å². The van der Waals surface area contributed by atoms with Crippen LogP contribution in [0.5, 0.6) is 0 Å². The maximum Gasteiger partial charge on any atom is 0.236 e. The highest BCUT2D eigenvalue weighted by Crippen LogP contribution is 2.13. The van der Waals surface area contributed by atoms with Gasteiger partial charge in [-0.15, -0.1) is 0 Å². The van der Waals surface area contributed by atoms with E-state index >= 15 is 0 Å². The number of aliphatic hydroxyl groups excluding tert-OH is 1. The van der Waals surface area contributed by atoms with Crippen LogP contribution in [0, 0.1) is 5.92 Å². The van der Waals surface area contributed by atoms with E-state index in [4.69, 9.17) is 5.11 Å². The first-order valence-electron chi connectivity index (χ1n) is 5.31. The molecule has 0 radical (unpaired) electrons. The number of nitrogens with zero attached hydrogens (tertiary/aromatic N) is 2. The molecule has 0 aromatic rings. The average Bonchev–Trinajstić information content (AvgIpc) is 2.10. The monoisotopic (exact) mass is 200 g/mol. The van der Waals surface area contributed by atoms with Crippen LogP contribution in [0.3, 0.4) is 0 Å². The molecule has 1 aliphatic rings. The second kappa shape index (κ2) is 5.32. The lowest BCUT2D eigenvalue weighted by molar-refractivity contribution is -0.157. The average molecular weight is 200 g/mol. The topological polar surface area (TPSA) is 43.8 Å². The van der Waals surface area contributed by atoms with Crippen molar-refractivity contribution in [3.63, 3.8) is 0 Å². The third-order valence-corrected chi connectivity index (χ3v) is 2.32. The second-order valence-corrected chi connectivity index (χ2v) is 4.15. The van der Waals surface area contributed by atoms with Gasteiger partial charge in [0.2, 0.25) is 5.91 Å². The highest BCUT2D eigenvalue weighted by atomic mass is 16.3. The molecule has 0 unspecified atom stereocenters. The van der Waals surface area contributed by atoms with Crippen molar-refractivity contribution >= 4 is 5.91 Å². The van der Waals surface area contributed by atoms with Gasteiger partial charge < -0.3 is 5.11 Å². The van der Waals surface area contributed by atoms with Gasteiger partial charge in [-0.05, 0) is 12.3 Å². The molecule has 0 spiro atoms. The van der Waals surface area contributed by atoms with E-state index < -0.39 is 0 Å². The third kappa shape index (κ3) is 2.96. The van der Waals surface area contributed by atoms with Gasteiger partial charge in [0.1, 0.15) is 0 Å². The molecule has 1 aliphatic heterocycles. The largest absolute Gasteiger partial charge is 0.394 e. The van der Waals surface area contributed by atoms with Crippen LogP contribution in [0.1, 0.15) is 26.7 Å². The Bertz CT molecular complexity index is 195. The number of rotatable bonds is 4. The van der Waals surface area contributed by atoms with E-state index in [0.29, 0.717) is 18.9 Å². The highest BCUT2D eigenvalue weighted by Gasteiger charge is 2.25. The molecule has 1 heterocycles. The van der Waals surface area contributed by atoms with E-state index in [0.717, 1.165) is 19.5 Å². The molecule has 1 N–H and O–H groups in total. The molecule has 0 bridgehead atoms. The number of β-amino-alcohol motifs (C(OH)–C–C–N with tert-alkyl or cyclic N) is 1. The lowest BCUT2D eigenvalue weighted by Crippen LogP contribution is -2.52. The van der Waals surface area contributed by atoms with E-state index in [2.05, 4.69) is 18.9 Å². The van der Waals surface area contributed by atoms with Crippen molar-refractivity contribution in [1.29, 1.82) is 0 Å². The second-order valence-electron chi connectivity index (χ2n) is 4.15. The van der Waals surface area contributed by atoms with Gasteiger partial charge in [0.05, 0.1) is 13.2 Å². The minimum Gasteiger partial charge on any atom is -0.394 e. The number of hydrogen-bond acceptors (Lipinski definition) is 3. The van der Waals surface area contributed by atoms with Crippen LogP contribution < -0.4 is 0 Å². The molecule has 0 saturated carbocycles. The van der Waals surface area contributed by atoms with Crippen LogP contribution in [0.2, 0.25) is 0 Å². The summed E-state index contributed by atoms with van der Waals surface area (Å²) < 4.78 is 0. The number of hydrogen-bond donors (Lipinski definition) is 1. The maximum atomic E-state index is 11.5. The van der Waals surface area contributed by atoms with Crippen LogP contribution in [0.15, 0.2) is 0 Å². The van der Waals surface area contributed by atoms with Crippen LogP contribution >= 0.6 is 0 Å². The fourth-order valence-electron chi connectivity index (χ4n) is 1.79. The number of carbonyl (C=O) groups excluding carboxylic acids is 1. The lowest BCUT2D eigenvalue weighted by Gasteiger charge is -2.39. The van der Waals surface area contributed by atoms with E-state index in [9.17, 15) is 4.79 Å². The lowest BCUT2D eigenvalue weighted by atomic mass is 10.2. The van der Waals surface area contributed by atoms with Crippen LogP contribution in [0.4, 0.5) is 0 Å². The van der Waals surface area contributed by atoms with Gasteiger partial charge >= 0.3 is 0 Å². The summed E-state index contributed by atoms with van der Waals surface area (Å²) in [6.45, 7) is 6.58. The Kier molecular flexibility index (Phi) is 4.35. The van der Waals surface area contributed by atoms with Crippen molar-refractivity contribution < 1.29 is 9.90 Å². The van der Waals surface area contributed by atoms with Crippen molar-refractivity contribution in [3.8, 4) is 0 Å². The van der Waals surface area contributed by atoms with E-state index in [-0.39, 0.29) is 12.5 Å². The summed E-state index contributed by atoms with van der Waals surface area (Å²) in [6, 6.07) is 0. The zero-order chi connectivity index (χ0) is 10.6. The summed E-state index contributed by atoms with van der Waals surface area (Å²) in [6.07, 6.45) is 1.56. The van der Waals surface area contributed by atoms with Gasteiger partial charge in [-0.1, -0.05) is 13.8 Å². The molecule has 14 heavy (non-hydrogen) atoms. The molecule has 1 fully saturated rings. The van der Waals surface area contributed by atoms with Crippen molar-refractivity contribution in [3.05, 3.63) is 0 Å². The van der Waals surface area contributed by atoms with E-state index in [1.54, 1.807) is 5.01 Å². The smallest absolute Gasteiger partial charge is 0.236 e. The predicted molar refractivity (Wildman–Crippen MR) is 54.4 cm³/mol. The Morgan fingerprint density at radius 2 is 2.21 bits per heavy atom. The summed E-state index contributed by atoms with van der Waals surface area (Å²) in [5.41, 5.74) is 0. The molecular formula is C10H20N2O2. The Morgan fingerprint density at radius 3 is 2.79 bits per heavy atom. The van der Waals surface area contributed by atoms with Crippen molar-refractivity contribution in [1.82, 2.24) is 10.0 Å². The summed E-state index contributed by atoms with van der Waals surface area (Å²) in [5, 5.41) is 12.6. The third-order valence-electron chi connectivity index (χ3n) is 2.32. The molecule has 4 nitrogen and oxygen atoms in total. The summed E-state index contributed by atoms with van der Waals surface area (Å²) in [4.78, 5) is 11.5. The summed E-state index contributed by atoms with van der Waals surface area (Å²) >= 11 is 0. The Labute approximate surface area is 85.5 Å². The maximum absolute atomic E-state index is 11.5. The first kappa shape index (κ1) is 11.5. The molecule has 1 saturated heterocycles. The summed E-state index contributed by atoms with van der Waals surface area (Å²) in [7, 11) is 0. The number of aliphatic hydroxyl groups is 1. The highest BCUT2D eigenvalue weighted by molar-refractivity contribution is 5.76. The molecule has 4 heteroatoms. The zero-order valence-electron chi connectivity index (χ0n) is 9.07. The minimum atomic E-state index is 0.0420. The van der Waals surface area contributed by atoms with Crippen LogP contribution in [-0.4, -0.2) is 47.3 Å². The van der Waals surface area contributed by atoms with Gasteiger partial charge in [0, 0.05) is 19.5 Å². The normalized spacial score (nSPS) is 19.4. The first-order chi connectivity index (χ1) is 6.65. The summed E-state index contributed by atoms with van der Waals surface area (Å²) in [5.74, 6) is 0.688. The zero-order valence-corrected chi connectivity index (χ0v) is 9.07. The fraction of sp³-hybridized carbons (Fsp3) is 0.900. The van der Waals surface area contributed by atoms with Crippen molar-refractivity contribution in [2.75, 3.05) is 26.2 Å². The van der Waals surface area contributed by atoms with Gasteiger partial charge in [0.25, 0.3) is 0 Å². The Morgan fingerprint density at radius 1 is 1.50 bits per heavy atom. The minimum absolute atomic E-state index is 0.0420. The number of carbonyl (C=O) groups is 1. The molecule has 0 aliphatic carbocycles. The number of hydrazine groups is 1. The molecule has 0 aromatic heterocycles. The van der Waals surface area contributed by atoms with Gasteiger partial charge in [-0.25, -0.2) is 5.01 Å². The van der Waals surface area contributed by atoms with Gasteiger partial charge in [-0.3, -0.25) is 9.80 Å². The van der Waals surface area contributed by atoms with Gasteiger partial charge in [-0.2, -0.15) is 0 Å². The Hall–Kier alpha value is -0.610. The Balaban J connectivity index is 2.55. The predicted octanol–water partition coefficient (Wildman–Crippen LogP) is 0.474. The molecule has 1 rings (SSSR count). The van der Waals surface area contributed by atoms with E-state index in [1.165, 1.54) is 0 Å². The molecule has 0 aromatic carbocycles. The standard InChI is InChI=1S/C10H20N2O2/c1-9(2)8-11-5-3-4-10(14)12(11)6-7-13/h9,13H,3-8H2,1-2H3. The quantitative estimate of drug-likeness (QED) is 0.717. The van der Waals surface area contributed by atoms with Gasteiger partial charge in [0.15, 0.2) is 0 Å². The van der Waals surface area contributed by atoms with Crippen molar-refractivity contribution in [2.45, 2.75) is 26.7 Å². The van der Waals surface area contributed by atoms with E-state index in [1.807, 2.05) is 0 Å². The molecular weight excluding hydrogens is 180 g/mol. The molecule has 0 atom stereocenters. The molecule has 1 amide bonds. The molecule has 82 valence electrons. The van der Waals surface area contributed by atoms with Crippen LogP contribution in [0.25, 0.3) is 0 Å².